The van der Waals surface area contributed by atoms with Gasteiger partial charge in [-0.2, -0.15) is 0 Å². The van der Waals surface area contributed by atoms with Crippen molar-refractivity contribution in [2.45, 2.75) is 33.5 Å². The molecule has 12 heavy (non-hydrogen) atoms. The highest BCUT2D eigenvalue weighted by Gasteiger charge is 2.13. The Balaban J connectivity index is 4.28. The van der Waals surface area contributed by atoms with Gasteiger partial charge >= 0.3 is 5.97 Å². The molecular formula is C9H18O2Si. The summed E-state index contributed by atoms with van der Waals surface area (Å²) >= 11 is 0. The van der Waals surface area contributed by atoms with Crippen molar-refractivity contribution in [1.29, 1.82) is 0 Å². The van der Waals surface area contributed by atoms with Crippen molar-refractivity contribution in [3.8, 4) is 0 Å². The Kier molecular flexibility index (Phi) is 4.24. The molecule has 0 aromatic rings. The molecule has 0 spiro atoms. The molecule has 0 bridgehead atoms. The number of carbonyl (C=O) groups excluding carboxylic acids is 1. The summed E-state index contributed by atoms with van der Waals surface area (Å²) in [5.41, 5.74) is 2.81. The lowest BCUT2D eigenvalue weighted by molar-refractivity contribution is -0.138. The first-order valence-corrected chi connectivity index (χ1v) is 7.81. The fourth-order valence-corrected chi connectivity index (χ4v) is 2.37. The molecule has 0 atom stereocenters. The van der Waals surface area contributed by atoms with E-state index in [0.717, 1.165) is 5.57 Å². The van der Waals surface area contributed by atoms with E-state index < -0.39 is 8.07 Å². The summed E-state index contributed by atoms with van der Waals surface area (Å²) in [4.78, 5) is 11.2. The van der Waals surface area contributed by atoms with Crippen LogP contribution in [0.2, 0.25) is 19.6 Å². The van der Waals surface area contributed by atoms with Gasteiger partial charge in [-0.15, -0.1) is 0 Å². The zero-order valence-electron chi connectivity index (χ0n) is 8.60. The van der Waals surface area contributed by atoms with Crippen molar-refractivity contribution in [1.82, 2.24) is 0 Å². The molecule has 0 aromatic carbocycles. The molecule has 70 valence electrons. The topological polar surface area (TPSA) is 26.3 Å². The number of carbonyl (C=O) groups is 1. The van der Waals surface area contributed by atoms with Gasteiger partial charge in [-0.25, -0.2) is 4.79 Å². The largest absolute Gasteiger partial charge is 0.463 e. The average molecular weight is 186 g/mol. The van der Waals surface area contributed by atoms with E-state index in [0.29, 0.717) is 6.61 Å². The van der Waals surface area contributed by atoms with Crippen molar-refractivity contribution in [3.63, 3.8) is 0 Å². The lowest BCUT2D eigenvalue weighted by Crippen LogP contribution is -2.19. The normalized spacial score (nSPS) is 12.9. The summed E-state index contributed by atoms with van der Waals surface area (Å²) in [6, 6.07) is 0. The van der Waals surface area contributed by atoms with E-state index in [4.69, 9.17) is 4.74 Å². The van der Waals surface area contributed by atoms with Gasteiger partial charge in [0.25, 0.3) is 0 Å². The smallest absolute Gasteiger partial charge is 0.332 e. The van der Waals surface area contributed by atoms with Gasteiger partial charge in [0.1, 0.15) is 0 Å². The Morgan fingerprint density at radius 2 is 1.92 bits per heavy atom. The van der Waals surface area contributed by atoms with Crippen LogP contribution in [0.3, 0.4) is 0 Å². The predicted molar refractivity (Wildman–Crippen MR) is 53.7 cm³/mol. The van der Waals surface area contributed by atoms with Crippen LogP contribution in [0.1, 0.15) is 13.8 Å². The van der Waals surface area contributed by atoms with Crippen molar-refractivity contribution >= 4 is 14.0 Å². The third-order valence-electron chi connectivity index (χ3n) is 1.25. The summed E-state index contributed by atoms with van der Waals surface area (Å²) in [6.45, 7) is 10.7. The van der Waals surface area contributed by atoms with Gasteiger partial charge in [0, 0.05) is 5.57 Å². The van der Waals surface area contributed by atoms with E-state index in [9.17, 15) is 4.79 Å². The summed E-state index contributed by atoms with van der Waals surface area (Å²) in [6.07, 6.45) is 0. The van der Waals surface area contributed by atoms with Crippen LogP contribution in [-0.2, 0) is 9.53 Å². The van der Waals surface area contributed by atoms with Crippen LogP contribution in [0.4, 0.5) is 0 Å². The molecule has 0 saturated carbocycles. The maximum absolute atomic E-state index is 11.2. The maximum Gasteiger partial charge on any atom is 0.332 e. The van der Waals surface area contributed by atoms with E-state index >= 15 is 0 Å². The number of hydrogen-bond acceptors (Lipinski definition) is 2. The van der Waals surface area contributed by atoms with Crippen molar-refractivity contribution in [2.75, 3.05) is 6.61 Å². The molecule has 0 N–H and O–H groups in total. The highest BCUT2D eigenvalue weighted by atomic mass is 28.3. The summed E-state index contributed by atoms with van der Waals surface area (Å²) in [5, 5.41) is 0. The molecule has 0 amide bonds. The van der Waals surface area contributed by atoms with Crippen LogP contribution in [0, 0.1) is 0 Å². The van der Waals surface area contributed by atoms with E-state index in [1.165, 1.54) is 0 Å². The minimum Gasteiger partial charge on any atom is -0.463 e. The Labute approximate surface area is 75.6 Å². The SMILES string of the molecule is CCOC(=O)/C(C)=C/[Si](C)(C)C. The minimum absolute atomic E-state index is 0.181. The Morgan fingerprint density at radius 1 is 1.42 bits per heavy atom. The lowest BCUT2D eigenvalue weighted by Gasteiger charge is -2.10. The van der Waals surface area contributed by atoms with E-state index in [1.54, 1.807) is 0 Å². The van der Waals surface area contributed by atoms with Crippen LogP contribution < -0.4 is 0 Å². The number of hydrogen-bond donors (Lipinski definition) is 0. The Hall–Kier alpha value is -0.573. The predicted octanol–water partition coefficient (Wildman–Crippen LogP) is 2.37. The molecule has 0 fully saturated rings. The fraction of sp³-hybridized carbons (Fsp3) is 0.667. The molecule has 0 aliphatic heterocycles. The highest BCUT2D eigenvalue weighted by Crippen LogP contribution is 2.07. The van der Waals surface area contributed by atoms with Gasteiger partial charge in [0.15, 0.2) is 0 Å². The molecule has 2 nitrogen and oxygen atoms in total. The third kappa shape index (κ3) is 5.13. The number of ether oxygens (including phenoxy) is 1. The molecule has 0 heterocycles. The zero-order chi connectivity index (χ0) is 9.78. The summed E-state index contributed by atoms with van der Waals surface area (Å²) < 4.78 is 4.86. The average Bonchev–Trinajstić information content (AvgIpc) is 1.84. The molecule has 0 aromatic heterocycles. The zero-order valence-corrected chi connectivity index (χ0v) is 9.60. The Morgan fingerprint density at radius 3 is 2.25 bits per heavy atom. The molecule has 0 unspecified atom stereocenters. The summed E-state index contributed by atoms with van der Waals surface area (Å²) in [7, 11) is -1.27. The summed E-state index contributed by atoms with van der Waals surface area (Å²) in [5.74, 6) is -0.181. The van der Waals surface area contributed by atoms with Crippen molar-refractivity contribution in [2.24, 2.45) is 0 Å². The van der Waals surface area contributed by atoms with Gasteiger partial charge in [-0.1, -0.05) is 25.3 Å². The van der Waals surface area contributed by atoms with Gasteiger partial charge in [-0.05, 0) is 13.8 Å². The molecule has 3 heteroatoms. The first kappa shape index (κ1) is 11.4. The van der Waals surface area contributed by atoms with Crippen LogP contribution in [0.25, 0.3) is 0 Å². The second kappa shape index (κ2) is 4.45. The minimum atomic E-state index is -1.27. The maximum atomic E-state index is 11.2. The molecule has 0 saturated heterocycles. The monoisotopic (exact) mass is 186 g/mol. The van der Waals surface area contributed by atoms with Crippen LogP contribution in [0.15, 0.2) is 11.3 Å². The molecule has 0 aliphatic carbocycles. The van der Waals surface area contributed by atoms with E-state index in [2.05, 4.69) is 25.3 Å². The van der Waals surface area contributed by atoms with Gasteiger partial charge in [0.05, 0.1) is 14.7 Å². The van der Waals surface area contributed by atoms with E-state index in [1.807, 2.05) is 13.8 Å². The first-order valence-electron chi connectivity index (χ1n) is 4.23. The lowest BCUT2D eigenvalue weighted by atomic mass is 10.4. The Bertz CT molecular complexity index is 189. The van der Waals surface area contributed by atoms with Crippen LogP contribution in [-0.4, -0.2) is 20.7 Å². The number of rotatable bonds is 3. The van der Waals surface area contributed by atoms with Crippen molar-refractivity contribution < 1.29 is 9.53 Å². The fourth-order valence-electron chi connectivity index (χ4n) is 0.953. The number of esters is 1. The second-order valence-corrected chi connectivity index (χ2v) is 8.93. The second-order valence-electron chi connectivity index (χ2n) is 3.91. The van der Waals surface area contributed by atoms with Gasteiger partial charge in [0.2, 0.25) is 0 Å². The molecular weight excluding hydrogens is 168 g/mol. The standard InChI is InChI=1S/C9H18O2Si/c1-6-11-9(10)8(2)7-12(3,4)5/h7H,6H2,1-5H3/b8-7+. The molecule has 0 aliphatic rings. The third-order valence-corrected chi connectivity index (χ3v) is 2.55. The quantitative estimate of drug-likeness (QED) is 0.384. The first-order chi connectivity index (χ1) is 5.37. The van der Waals surface area contributed by atoms with E-state index in [-0.39, 0.29) is 5.97 Å². The molecule has 0 rings (SSSR count). The van der Waals surface area contributed by atoms with Crippen molar-refractivity contribution in [3.05, 3.63) is 11.3 Å². The molecule has 0 radical (unpaired) electrons. The van der Waals surface area contributed by atoms with Gasteiger partial charge < -0.3 is 4.74 Å². The van der Waals surface area contributed by atoms with Crippen LogP contribution >= 0.6 is 0 Å². The highest BCUT2D eigenvalue weighted by molar-refractivity contribution is 6.81. The van der Waals surface area contributed by atoms with Gasteiger partial charge in [-0.3, -0.25) is 0 Å². The van der Waals surface area contributed by atoms with Crippen LogP contribution in [0.5, 0.6) is 0 Å².